The molecule has 5 rings (SSSR count). The van der Waals surface area contributed by atoms with Gasteiger partial charge in [-0.05, 0) is 42.0 Å². The van der Waals surface area contributed by atoms with Crippen LogP contribution in [0.1, 0.15) is 41.0 Å². The Morgan fingerprint density at radius 3 is 2.50 bits per heavy atom. The fraction of sp³-hybridized carbons (Fsp3) is 0.179. The van der Waals surface area contributed by atoms with E-state index in [4.69, 9.17) is 20.1 Å². The average molecular weight is 569 g/mol. The van der Waals surface area contributed by atoms with Gasteiger partial charge in [-0.15, -0.1) is 0 Å². The molecule has 0 radical (unpaired) electrons. The molecule has 3 aromatic carbocycles. The number of hydrogen-bond donors (Lipinski definition) is 2. The summed E-state index contributed by atoms with van der Waals surface area (Å²) in [6.07, 6.45) is 1.64. The molecule has 5 aromatic rings. The topological polar surface area (TPSA) is 116 Å². The van der Waals surface area contributed by atoms with Crippen LogP contribution in [0.4, 0.5) is 19.0 Å². The molecule has 206 valence electrons. The first-order valence-electron chi connectivity index (χ1n) is 11.9. The second-order valence-electron chi connectivity index (χ2n) is 9.50. The molecule has 40 heavy (non-hydrogen) atoms. The van der Waals surface area contributed by atoms with E-state index in [-0.39, 0.29) is 22.9 Å². The summed E-state index contributed by atoms with van der Waals surface area (Å²) in [5.41, 5.74) is 7.06. The Labute approximate surface area is 230 Å². The lowest BCUT2D eigenvalue weighted by Gasteiger charge is -2.27. The predicted molar refractivity (Wildman–Crippen MR) is 144 cm³/mol. The van der Waals surface area contributed by atoms with E-state index in [1.165, 1.54) is 19.2 Å². The van der Waals surface area contributed by atoms with Crippen LogP contribution in [-0.2, 0) is 11.2 Å². The molecular formula is C28H23F3N4O4S. The standard InChI is InChI=1S/C28H23F3N4O4S/c1-28(2,15-4-7-22-17(10-15)25(32)34-39-22)24-12-33-27(35(24)16-5-6-19(29)23(11-16)38-3)40-13-18-20(30)8-14(26(36)37)9-21(18)31/h4-12H,13H2,1-3H3,(H2,32,34)(H,36,37). The number of imidazole rings is 1. The number of benzene rings is 3. The van der Waals surface area contributed by atoms with Crippen molar-refractivity contribution in [1.29, 1.82) is 0 Å². The van der Waals surface area contributed by atoms with Gasteiger partial charge in [-0.25, -0.2) is 22.9 Å². The first kappa shape index (κ1) is 27.1. The number of thioether (sulfide) groups is 1. The summed E-state index contributed by atoms with van der Waals surface area (Å²) in [5, 5.41) is 13.9. The van der Waals surface area contributed by atoms with Crippen LogP contribution in [0, 0.1) is 17.5 Å². The zero-order valence-corrected chi connectivity index (χ0v) is 22.4. The molecule has 0 spiro atoms. The molecule has 0 unspecified atom stereocenters. The number of aromatic carboxylic acids is 1. The third-order valence-electron chi connectivity index (χ3n) is 6.72. The number of nitrogen functional groups attached to an aromatic ring is 1. The Morgan fingerprint density at radius 2 is 1.82 bits per heavy atom. The number of nitrogens with zero attached hydrogens (tertiary/aromatic N) is 3. The van der Waals surface area contributed by atoms with E-state index in [0.29, 0.717) is 27.5 Å². The molecule has 8 nitrogen and oxygen atoms in total. The highest BCUT2D eigenvalue weighted by molar-refractivity contribution is 7.98. The SMILES string of the molecule is COc1cc(-n2c(C(C)(C)c3ccc4onc(N)c4c3)cnc2SCc2c(F)cc(C(=O)O)cc2F)ccc1F. The molecule has 0 atom stereocenters. The van der Waals surface area contributed by atoms with E-state index in [1.54, 1.807) is 22.9 Å². The van der Waals surface area contributed by atoms with Gasteiger partial charge in [0.2, 0.25) is 0 Å². The number of hydrogen-bond acceptors (Lipinski definition) is 7. The molecule has 3 N–H and O–H groups in total. The number of fused-ring (bicyclic) bond motifs is 1. The molecule has 0 aliphatic heterocycles. The van der Waals surface area contributed by atoms with Gasteiger partial charge < -0.3 is 20.1 Å². The minimum Gasteiger partial charge on any atom is -0.494 e. The van der Waals surface area contributed by atoms with Gasteiger partial charge in [-0.2, -0.15) is 0 Å². The van der Waals surface area contributed by atoms with Crippen molar-refractivity contribution in [2.75, 3.05) is 12.8 Å². The maximum Gasteiger partial charge on any atom is 0.335 e. The summed E-state index contributed by atoms with van der Waals surface area (Å²) >= 11 is 1.04. The van der Waals surface area contributed by atoms with Crippen LogP contribution >= 0.6 is 11.8 Å². The number of nitrogens with two attached hydrogens (primary N) is 1. The number of ether oxygens (including phenoxy) is 1. The number of halogens is 3. The van der Waals surface area contributed by atoms with Gasteiger partial charge in [0, 0.05) is 22.8 Å². The van der Waals surface area contributed by atoms with Crippen LogP contribution in [0.2, 0.25) is 0 Å². The average Bonchev–Trinajstić information content (AvgIpc) is 3.52. The molecule has 0 saturated carbocycles. The summed E-state index contributed by atoms with van der Waals surface area (Å²) in [6, 6.07) is 11.4. The number of methoxy groups -OCH3 is 1. The smallest absolute Gasteiger partial charge is 0.335 e. The summed E-state index contributed by atoms with van der Waals surface area (Å²) in [4.78, 5) is 15.7. The van der Waals surface area contributed by atoms with E-state index >= 15 is 0 Å². The number of carbonyl (C=O) groups is 1. The van der Waals surface area contributed by atoms with Crippen molar-refractivity contribution in [1.82, 2.24) is 14.7 Å². The normalized spacial score (nSPS) is 11.8. The number of aromatic nitrogens is 3. The fourth-order valence-corrected chi connectivity index (χ4v) is 5.42. The van der Waals surface area contributed by atoms with Crippen LogP contribution in [0.5, 0.6) is 5.75 Å². The summed E-state index contributed by atoms with van der Waals surface area (Å²) < 4.78 is 55.8. The van der Waals surface area contributed by atoms with Crippen LogP contribution in [0.25, 0.3) is 16.7 Å². The van der Waals surface area contributed by atoms with E-state index in [0.717, 1.165) is 29.5 Å². The molecule has 2 aromatic heterocycles. The molecule has 0 saturated heterocycles. The van der Waals surface area contributed by atoms with E-state index in [1.807, 2.05) is 26.0 Å². The Kier molecular flexibility index (Phi) is 6.96. The first-order chi connectivity index (χ1) is 19.0. The van der Waals surface area contributed by atoms with Crippen molar-refractivity contribution in [2.45, 2.75) is 30.2 Å². The lowest BCUT2D eigenvalue weighted by molar-refractivity contribution is 0.0695. The summed E-state index contributed by atoms with van der Waals surface area (Å²) in [5.74, 6) is -3.88. The van der Waals surface area contributed by atoms with Crippen molar-refractivity contribution in [3.05, 3.63) is 94.6 Å². The van der Waals surface area contributed by atoms with Gasteiger partial charge in [-0.1, -0.05) is 36.8 Å². The molecular weight excluding hydrogens is 545 g/mol. The number of carboxylic acid groups (broad SMARTS) is 1. The van der Waals surface area contributed by atoms with Crippen molar-refractivity contribution >= 4 is 34.5 Å². The van der Waals surface area contributed by atoms with Crippen LogP contribution in [-0.4, -0.2) is 32.9 Å². The van der Waals surface area contributed by atoms with Crippen LogP contribution in [0.3, 0.4) is 0 Å². The Balaban J connectivity index is 1.61. The number of rotatable bonds is 8. The second kappa shape index (κ2) is 10.3. The van der Waals surface area contributed by atoms with E-state index in [9.17, 15) is 18.0 Å². The summed E-state index contributed by atoms with van der Waals surface area (Å²) in [7, 11) is 1.35. The van der Waals surface area contributed by atoms with E-state index < -0.39 is 34.4 Å². The minimum atomic E-state index is -1.43. The molecule has 0 aliphatic rings. The number of anilines is 1. The zero-order valence-electron chi connectivity index (χ0n) is 21.5. The summed E-state index contributed by atoms with van der Waals surface area (Å²) in [6.45, 7) is 3.93. The van der Waals surface area contributed by atoms with Gasteiger partial charge in [0.25, 0.3) is 0 Å². The molecule has 0 fully saturated rings. The lowest BCUT2D eigenvalue weighted by Crippen LogP contribution is -2.23. The highest BCUT2D eigenvalue weighted by Gasteiger charge is 2.31. The second-order valence-corrected chi connectivity index (χ2v) is 10.4. The van der Waals surface area contributed by atoms with Crippen LogP contribution < -0.4 is 10.5 Å². The Bertz CT molecular complexity index is 1740. The monoisotopic (exact) mass is 568 g/mol. The fourth-order valence-electron chi connectivity index (χ4n) is 4.41. The highest BCUT2D eigenvalue weighted by Crippen LogP contribution is 2.39. The third-order valence-corrected chi connectivity index (χ3v) is 7.70. The molecule has 0 aliphatic carbocycles. The third kappa shape index (κ3) is 4.75. The van der Waals surface area contributed by atoms with Gasteiger partial charge in [0.1, 0.15) is 11.6 Å². The van der Waals surface area contributed by atoms with Gasteiger partial charge in [0.05, 0.1) is 35.6 Å². The maximum absolute atomic E-state index is 14.7. The Morgan fingerprint density at radius 1 is 1.10 bits per heavy atom. The van der Waals surface area contributed by atoms with E-state index in [2.05, 4.69) is 10.1 Å². The van der Waals surface area contributed by atoms with Gasteiger partial charge in [0.15, 0.2) is 28.1 Å². The van der Waals surface area contributed by atoms with Gasteiger partial charge >= 0.3 is 5.97 Å². The maximum atomic E-state index is 14.7. The van der Waals surface area contributed by atoms with Crippen molar-refractivity contribution in [3.63, 3.8) is 0 Å². The predicted octanol–water partition coefficient (Wildman–Crippen LogP) is 6.34. The highest BCUT2D eigenvalue weighted by atomic mass is 32.2. The largest absolute Gasteiger partial charge is 0.494 e. The quantitative estimate of drug-likeness (QED) is 0.208. The van der Waals surface area contributed by atoms with Crippen molar-refractivity contribution in [2.24, 2.45) is 0 Å². The van der Waals surface area contributed by atoms with Gasteiger partial charge in [-0.3, -0.25) is 4.57 Å². The zero-order chi connectivity index (χ0) is 28.8. The Hall–Kier alpha value is -4.45. The first-order valence-corrected chi connectivity index (χ1v) is 12.9. The lowest BCUT2D eigenvalue weighted by atomic mass is 9.81. The minimum absolute atomic E-state index is 0.00548. The molecule has 2 heterocycles. The van der Waals surface area contributed by atoms with Crippen molar-refractivity contribution in [3.8, 4) is 11.4 Å². The molecule has 0 amide bonds. The van der Waals surface area contributed by atoms with Crippen LogP contribution in [0.15, 0.2) is 64.4 Å². The molecule has 12 heteroatoms. The molecule has 0 bridgehead atoms. The van der Waals surface area contributed by atoms with Crippen molar-refractivity contribution < 1.29 is 32.3 Å². The number of carboxylic acids is 1.